The molecule has 2 aromatic heterocycles. The molecular weight excluding hydrogens is 340 g/mol. The summed E-state index contributed by atoms with van der Waals surface area (Å²) >= 11 is 0. The minimum absolute atomic E-state index is 0.0864. The molecule has 0 unspecified atom stereocenters. The highest BCUT2D eigenvalue weighted by Crippen LogP contribution is 2.28. The summed E-state index contributed by atoms with van der Waals surface area (Å²) in [6.45, 7) is 0. The molecule has 5 heteroatoms. The number of rotatable bonds is 4. The number of nitrogens with one attached hydrogen (secondary N) is 1. The van der Waals surface area contributed by atoms with Crippen molar-refractivity contribution >= 4 is 22.9 Å². The summed E-state index contributed by atoms with van der Waals surface area (Å²) in [6.07, 6.45) is 1.77. The number of nitrogens with zero attached hydrogens (tertiary/aromatic N) is 1. The van der Waals surface area contributed by atoms with Crippen molar-refractivity contribution in [1.29, 1.82) is 0 Å². The van der Waals surface area contributed by atoms with Crippen molar-refractivity contribution in [2.24, 2.45) is 0 Å². The number of fused-ring (bicyclic) bond motifs is 1. The van der Waals surface area contributed by atoms with Crippen molar-refractivity contribution in [1.82, 2.24) is 4.40 Å². The van der Waals surface area contributed by atoms with Crippen molar-refractivity contribution in [2.75, 3.05) is 5.32 Å². The largest absolute Gasteiger partial charge is 0.508 e. The molecule has 0 atom stereocenters. The first-order valence-corrected chi connectivity index (χ1v) is 8.44. The third kappa shape index (κ3) is 3.18. The number of phenols is 1. The number of phenolic OH excluding ortho intramolecular Hbond substituents is 1. The van der Waals surface area contributed by atoms with Crippen LogP contribution in [0.2, 0.25) is 0 Å². The van der Waals surface area contributed by atoms with E-state index in [0.29, 0.717) is 16.9 Å². The second-order valence-electron chi connectivity index (χ2n) is 6.10. The van der Waals surface area contributed by atoms with E-state index in [1.807, 2.05) is 54.6 Å². The smallest absolute Gasteiger partial charge is 0.298 e. The van der Waals surface area contributed by atoms with E-state index >= 15 is 0 Å². The first kappa shape index (κ1) is 16.6. The Morgan fingerprint density at radius 2 is 1.56 bits per heavy atom. The lowest BCUT2D eigenvalue weighted by Gasteiger charge is -2.08. The van der Waals surface area contributed by atoms with Gasteiger partial charge in [-0.15, -0.1) is 0 Å². The Morgan fingerprint density at radius 3 is 2.30 bits per heavy atom. The fraction of sp³-hybridized carbons (Fsp3) is 0. The number of ketones is 1. The summed E-state index contributed by atoms with van der Waals surface area (Å²) in [5, 5.41) is 11.9. The maximum absolute atomic E-state index is 13.0. The predicted molar refractivity (Wildman–Crippen MR) is 104 cm³/mol. The van der Waals surface area contributed by atoms with Gasteiger partial charge in [-0.25, -0.2) is 0 Å². The van der Waals surface area contributed by atoms with Crippen molar-refractivity contribution in [3.8, 4) is 16.9 Å². The molecule has 0 aliphatic rings. The van der Waals surface area contributed by atoms with Gasteiger partial charge in [0.1, 0.15) is 11.4 Å². The molecule has 5 nitrogen and oxygen atoms in total. The highest BCUT2D eigenvalue weighted by atomic mass is 16.3. The Morgan fingerprint density at radius 1 is 0.852 bits per heavy atom. The SMILES string of the molecule is O=C(Nc1ccc(O)cc1)C(=O)c1c(-c2ccccc2)cc2ccccn12. The molecule has 0 saturated carbocycles. The first-order chi connectivity index (χ1) is 13.1. The van der Waals surface area contributed by atoms with E-state index in [0.717, 1.165) is 11.1 Å². The van der Waals surface area contributed by atoms with E-state index < -0.39 is 11.7 Å². The van der Waals surface area contributed by atoms with Gasteiger partial charge in [0.05, 0.1) is 0 Å². The topological polar surface area (TPSA) is 70.8 Å². The van der Waals surface area contributed by atoms with E-state index in [2.05, 4.69) is 5.32 Å². The zero-order valence-electron chi connectivity index (χ0n) is 14.3. The average Bonchev–Trinajstić information content (AvgIpc) is 3.09. The van der Waals surface area contributed by atoms with E-state index in [4.69, 9.17) is 0 Å². The van der Waals surface area contributed by atoms with Crippen molar-refractivity contribution in [3.63, 3.8) is 0 Å². The lowest BCUT2D eigenvalue weighted by Crippen LogP contribution is -2.24. The van der Waals surface area contributed by atoms with Gasteiger partial charge in [0, 0.05) is 23.0 Å². The van der Waals surface area contributed by atoms with Gasteiger partial charge in [-0.2, -0.15) is 0 Å². The second-order valence-corrected chi connectivity index (χ2v) is 6.10. The van der Waals surface area contributed by atoms with Crippen LogP contribution in [0.5, 0.6) is 5.75 Å². The Labute approximate surface area is 155 Å². The van der Waals surface area contributed by atoms with Crippen LogP contribution in [0.1, 0.15) is 10.5 Å². The molecule has 27 heavy (non-hydrogen) atoms. The van der Waals surface area contributed by atoms with Crippen molar-refractivity contribution in [3.05, 3.63) is 90.8 Å². The lowest BCUT2D eigenvalue weighted by atomic mass is 10.0. The third-order valence-electron chi connectivity index (χ3n) is 4.31. The van der Waals surface area contributed by atoms with Crippen LogP contribution in [-0.2, 0) is 4.79 Å². The Bertz CT molecular complexity index is 1130. The number of aromatic nitrogens is 1. The van der Waals surface area contributed by atoms with Crippen molar-refractivity contribution < 1.29 is 14.7 Å². The monoisotopic (exact) mass is 356 g/mol. The van der Waals surface area contributed by atoms with Crippen LogP contribution in [0.4, 0.5) is 5.69 Å². The van der Waals surface area contributed by atoms with E-state index in [-0.39, 0.29) is 5.75 Å². The summed E-state index contributed by atoms with van der Waals surface area (Å²) in [5.41, 5.74) is 3.15. The molecule has 132 valence electrons. The van der Waals surface area contributed by atoms with Crippen LogP contribution in [0.25, 0.3) is 16.6 Å². The van der Waals surface area contributed by atoms with Crippen LogP contribution in [0.15, 0.2) is 85.1 Å². The van der Waals surface area contributed by atoms with Gasteiger partial charge in [-0.05, 0) is 48.0 Å². The standard InChI is InChI=1S/C22H16N2O3/c25-18-11-9-16(10-12-18)23-22(27)21(26)20-19(15-6-2-1-3-7-15)14-17-8-4-5-13-24(17)20/h1-14,25H,(H,23,27). The number of pyridine rings is 1. The minimum Gasteiger partial charge on any atom is -0.508 e. The maximum atomic E-state index is 13.0. The summed E-state index contributed by atoms with van der Waals surface area (Å²) < 4.78 is 1.72. The van der Waals surface area contributed by atoms with Crippen LogP contribution >= 0.6 is 0 Å². The summed E-state index contributed by atoms with van der Waals surface area (Å²) in [4.78, 5) is 25.6. The summed E-state index contributed by atoms with van der Waals surface area (Å²) in [5.74, 6) is -1.28. The maximum Gasteiger partial charge on any atom is 0.298 e. The minimum atomic E-state index is -0.735. The van der Waals surface area contributed by atoms with Crippen LogP contribution in [0, 0.1) is 0 Å². The number of anilines is 1. The average molecular weight is 356 g/mol. The molecule has 0 aliphatic heterocycles. The van der Waals surface area contributed by atoms with E-state index in [9.17, 15) is 14.7 Å². The number of benzene rings is 2. The quantitative estimate of drug-likeness (QED) is 0.328. The van der Waals surface area contributed by atoms with Gasteiger partial charge >= 0.3 is 0 Å². The zero-order valence-corrected chi connectivity index (χ0v) is 14.3. The highest BCUT2D eigenvalue weighted by molar-refractivity contribution is 6.47. The van der Waals surface area contributed by atoms with E-state index in [1.165, 1.54) is 24.3 Å². The molecule has 2 aromatic carbocycles. The molecule has 0 aliphatic carbocycles. The van der Waals surface area contributed by atoms with Gasteiger partial charge in [0.25, 0.3) is 11.7 Å². The predicted octanol–water partition coefficient (Wildman–Crippen LogP) is 4.13. The number of carbonyl (C=O) groups excluding carboxylic acids is 2. The Hall–Kier alpha value is -3.86. The summed E-state index contributed by atoms with van der Waals surface area (Å²) in [7, 11) is 0. The number of amides is 1. The first-order valence-electron chi connectivity index (χ1n) is 8.44. The molecule has 0 saturated heterocycles. The molecule has 4 aromatic rings. The normalized spacial score (nSPS) is 10.7. The van der Waals surface area contributed by atoms with Gasteiger partial charge in [0.15, 0.2) is 0 Å². The number of aromatic hydroxyl groups is 1. The van der Waals surface area contributed by atoms with Gasteiger partial charge < -0.3 is 14.8 Å². The second kappa shape index (κ2) is 6.80. The Kier molecular flexibility index (Phi) is 4.18. The molecular formula is C22H16N2O3. The molecule has 0 fully saturated rings. The third-order valence-corrected chi connectivity index (χ3v) is 4.31. The fourth-order valence-electron chi connectivity index (χ4n) is 3.03. The van der Waals surface area contributed by atoms with Gasteiger partial charge in [0.2, 0.25) is 0 Å². The molecule has 1 amide bonds. The van der Waals surface area contributed by atoms with Crippen LogP contribution in [0.3, 0.4) is 0 Å². The molecule has 0 spiro atoms. The molecule has 4 rings (SSSR count). The lowest BCUT2D eigenvalue weighted by molar-refractivity contribution is -0.112. The molecule has 2 heterocycles. The van der Waals surface area contributed by atoms with Crippen molar-refractivity contribution in [2.45, 2.75) is 0 Å². The van der Waals surface area contributed by atoms with Gasteiger partial charge in [-0.1, -0.05) is 36.4 Å². The fourth-order valence-corrected chi connectivity index (χ4v) is 3.03. The molecule has 2 N–H and O–H groups in total. The number of hydrogen-bond acceptors (Lipinski definition) is 3. The van der Waals surface area contributed by atoms with E-state index in [1.54, 1.807) is 10.6 Å². The molecule has 0 bridgehead atoms. The number of carbonyl (C=O) groups is 2. The number of hydrogen-bond donors (Lipinski definition) is 2. The summed E-state index contributed by atoms with van der Waals surface area (Å²) in [6, 6.07) is 23.0. The zero-order chi connectivity index (χ0) is 18.8. The Balaban J connectivity index is 1.76. The van der Waals surface area contributed by atoms with Crippen LogP contribution in [-0.4, -0.2) is 21.2 Å². The number of Topliss-reactive ketones (excluding diaryl/α,β-unsaturated/α-hetero) is 1. The molecule has 0 radical (unpaired) electrons. The van der Waals surface area contributed by atoms with Crippen LogP contribution < -0.4 is 5.32 Å². The van der Waals surface area contributed by atoms with Gasteiger partial charge in [-0.3, -0.25) is 9.59 Å². The highest BCUT2D eigenvalue weighted by Gasteiger charge is 2.24.